The SMILES string of the molecule is CN1C(=O)Cc2cc(C(=O)c3ccc(N)cc3N)ccc21. The fourth-order valence-corrected chi connectivity index (χ4v) is 2.55. The Morgan fingerprint density at radius 2 is 1.90 bits per heavy atom. The van der Waals surface area contributed by atoms with Crippen LogP contribution in [-0.4, -0.2) is 18.7 Å². The van der Waals surface area contributed by atoms with Crippen molar-refractivity contribution in [1.29, 1.82) is 0 Å². The summed E-state index contributed by atoms with van der Waals surface area (Å²) in [6.07, 6.45) is 0.324. The molecule has 5 nitrogen and oxygen atoms in total. The number of benzene rings is 2. The number of carbonyl (C=O) groups is 2. The van der Waals surface area contributed by atoms with Gasteiger partial charge in [-0.1, -0.05) is 0 Å². The molecule has 3 rings (SSSR count). The molecule has 21 heavy (non-hydrogen) atoms. The van der Waals surface area contributed by atoms with Gasteiger partial charge in [0.1, 0.15) is 0 Å². The largest absolute Gasteiger partial charge is 0.399 e. The Balaban J connectivity index is 2.00. The lowest BCUT2D eigenvalue weighted by molar-refractivity contribution is -0.117. The number of nitrogen functional groups attached to an aromatic ring is 2. The van der Waals surface area contributed by atoms with Crippen molar-refractivity contribution in [3.05, 3.63) is 53.1 Å². The molecule has 0 unspecified atom stereocenters. The van der Waals surface area contributed by atoms with E-state index in [1.807, 2.05) is 0 Å². The summed E-state index contributed by atoms with van der Waals surface area (Å²) in [5.74, 6) is -0.140. The highest BCUT2D eigenvalue weighted by Gasteiger charge is 2.25. The topological polar surface area (TPSA) is 89.4 Å². The third-order valence-electron chi connectivity index (χ3n) is 3.74. The van der Waals surface area contributed by atoms with Crippen molar-refractivity contribution in [2.45, 2.75) is 6.42 Å². The third kappa shape index (κ3) is 2.12. The number of ketones is 1. The van der Waals surface area contributed by atoms with Crippen molar-refractivity contribution in [3.63, 3.8) is 0 Å². The molecule has 0 spiro atoms. The molecule has 1 amide bonds. The summed E-state index contributed by atoms with van der Waals surface area (Å²) in [5, 5.41) is 0. The second-order valence-electron chi connectivity index (χ2n) is 5.15. The van der Waals surface area contributed by atoms with E-state index in [1.165, 1.54) is 0 Å². The van der Waals surface area contributed by atoms with Crippen molar-refractivity contribution in [2.24, 2.45) is 0 Å². The molecule has 0 fully saturated rings. The molecular formula is C16H15N3O2. The van der Waals surface area contributed by atoms with E-state index < -0.39 is 0 Å². The highest BCUT2D eigenvalue weighted by Crippen LogP contribution is 2.29. The van der Waals surface area contributed by atoms with Gasteiger partial charge in [-0.3, -0.25) is 9.59 Å². The number of carbonyl (C=O) groups excluding carboxylic acids is 2. The fourth-order valence-electron chi connectivity index (χ4n) is 2.55. The average Bonchev–Trinajstić information content (AvgIpc) is 2.73. The smallest absolute Gasteiger partial charge is 0.231 e. The standard InChI is InChI=1S/C16H15N3O2/c1-19-14-5-2-9(6-10(14)7-15(19)20)16(21)12-4-3-11(17)8-13(12)18/h2-6,8H,7,17-18H2,1H3. The van der Waals surface area contributed by atoms with E-state index in [4.69, 9.17) is 11.5 Å². The van der Waals surface area contributed by atoms with E-state index in [-0.39, 0.29) is 11.7 Å². The van der Waals surface area contributed by atoms with E-state index in [0.717, 1.165) is 11.3 Å². The van der Waals surface area contributed by atoms with Gasteiger partial charge in [0.05, 0.1) is 6.42 Å². The van der Waals surface area contributed by atoms with Crippen molar-refractivity contribution in [2.75, 3.05) is 23.4 Å². The van der Waals surface area contributed by atoms with Gasteiger partial charge < -0.3 is 16.4 Å². The molecule has 2 aromatic carbocycles. The lowest BCUT2D eigenvalue weighted by atomic mass is 9.99. The van der Waals surface area contributed by atoms with Gasteiger partial charge in [-0.25, -0.2) is 0 Å². The molecule has 0 radical (unpaired) electrons. The van der Waals surface area contributed by atoms with Gasteiger partial charge in [0, 0.05) is 35.2 Å². The molecule has 4 N–H and O–H groups in total. The van der Waals surface area contributed by atoms with Gasteiger partial charge in [-0.15, -0.1) is 0 Å². The maximum atomic E-state index is 12.5. The van der Waals surface area contributed by atoms with Gasteiger partial charge in [0.2, 0.25) is 5.91 Å². The van der Waals surface area contributed by atoms with Gasteiger partial charge in [0.25, 0.3) is 0 Å². The zero-order valence-electron chi connectivity index (χ0n) is 11.6. The second kappa shape index (κ2) is 4.63. The number of hydrogen-bond donors (Lipinski definition) is 2. The zero-order chi connectivity index (χ0) is 15.1. The zero-order valence-corrected chi connectivity index (χ0v) is 11.6. The monoisotopic (exact) mass is 281 g/mol. The van der Waals surface area contributed by atoms with Crippen molar-refractivity contribution in [3.8, 4) is 0 Å². The van der Waals surface area contributed by atoms with Crippen LogP contribution in [0.3, 0.4) is 0 Å². The lowest BCUT2D eigenvalue weighted by Crippen LogP contribution is -2.20. The Morgan fingerprint density at radius 1 is 1.14 bits per heavy atom. The van der Waals surface area contributed by atoms with E-state index >= 15 is 0 Å². The molecule has 1 heterocycles. The molecule has 1 aliphatic rings. The summed E-state index contributed by atoms with van der Waals surface area (Å²) in [7, 11) is 1.73. The normalized spacial score (nSPS) is 13.4. The number of nitrogens with two attached hydrogens (primary N) is 2. The molecule has 0 aromatic heterocycles. The molecular weight excluding hydrogens is 266 g/mol. The third-order valence-corrected chi connectivity index (χ3v) is 3.74. The molecule has 1 aliphatic heterocycles. The van der Waals surface area contributed by atoms with E-state index in [2.05, 4.69) is 0 Å². The van der Waals surface area contributed by atoms with Gasteiger partial charge >= 0.3 is 0 Å². The number of likely N-dealkylation sites (N-methyl/N-ethyl adjacent to an activating group) is 1. The Kier molecular flexibility index (Phi) is 2.90. The minimum atomic E-state index is -0.169. The molecule has 0 aliphatic carbocycles. The van der Waals surface area contributed by atoms with Crippen LogP contribution >= 0.6 is 0 Å². The van der Waals surface area contributed by atoms with Crippen molar-refractivity contribution < 1.29 is 9.59 Å². The van der Waals surface area contributed by atoms with Crippen LogP contribution in [0.2, 0.25) is 0 Å². The first kappa shape index (κ1) is 13.2. The predicted molar refractivity (Wildman–Crippen MR) is 82.3 cm³/mol. The van der Waals surface area contributed by atoms with Crippen LogP contribution in [-0.2, 0) is 11.2 Å². The summed E-state index contributed by atoms with van der Waals surface area (Å²) >= 11 is 0. The van der Waals surface area contributed by atoms with Gasteiger partial charge in [-0.05, 0) is 42.0 Å². The summed E-state index contributed by atoms with van der Waals surface area (Å²) in [6, 6.07) is 10.1. The van der Waals surface area contributed by atoms with Crippen LogP contribution < -0.4 is 16.4 Å². The minimum absolute atomic E-state index is 0.0293. The summed E-state index contributed by atoms with van der Waals surface area (Å²) in [5.41, 5.74) is 15.0. The van der Waals surface area contributed by atoms with E-state index in [1.54, 1.807) is 48.3 Å². The Hall–Kier alpha value is -2.82. The van der Waals surface area contributed by atoms with E-state index in [9.17, 15) is 9.59 Å². The number of anilines is 3. The number of hydrogen-bond acceptors (Lipinski definition) is 4. The highest BCUT2D eigenvalue weighted by molar-refractivity contribution is 6.13. The molecule has 0 atom stereocenters. The van der Waals surface area contributed by atoms with Crippen LogP contribution in [0.15, 0.2) is 36.4 Å². The maximum Gasteiger partial charge on any atom is 0.231 e. The first-order valence-electron chi connectivity index (χ1n) is 6.56. The Labute approximate surface area is 122 Å². The minimum Gasteiger partial charge on any atom is -0.399 e. The van der Waals surface area contributed by atoms with Gasteiger partial charge in [0.15, 0.2) is 5.78 Å². The maximum absolute atomic E-state index is 12.5. The van der Waals surface area contributed by atoms with Crippen LogP contribution in [0, 0.1) is 0 Å². The fraction of sp³-hybridized carbons (Fsp3) is 0.125. The van der Waals surface area contributed by atoms with Crippen LogP contribution in [0.5, 0.6) is 0 Å². The van der Waals surface area contributed by atoms with Gasteiger partial charge in [-0.2, -0.15) is 0 Å². The lowest BCUT2D eigenvalue weighted by Gasteiger charge is -2.11. The number of rotatable bonds is 2. The van der Waals surface area contributed by atoms with Crippen LogP contribution in [0.4, 0.5) is 17.1 Å². The molecule has 0 saturated carbocycles. The number of amides is 1. The van der Waals surface area contributed by atoms with Crippen molar-refractivity contribution in [1.82, 2.24) is 0 Å². The Morgan fingerprint density at radius 3 is 2.62 bits per heavy atom. The molecule has 5 heteroatoms. The van der Waals surface area contributed by atoms with Crippen LogP contribution in [0.25, 0.3) is 0 Å². The summed E-state index contributed by atoms with van der Waals surface area (Å²) < 4.78 is 0. The molecule has 2 aromatic rings. The predicted octanol–water partition coefficient (Wildman–Crippen LogP) is 1.60. The highest BCUT2D eigenvalue weighted by atomic mass is 16.2. The first-order chi connectivity index (χ1) is 9.97. The molecule has 0 saturated heterocycles. The molecule has 0 bridgehead atoms. The first-order valence-corrected chi connectivity index (χ1v) is 6.56. The Bertz CT molecular complexity index is 768. The quantitative estimate of drug-likeness (QED) is 0.646. The summed E-state index contributed by atoms with van der Waals surface area (Å²) in [6.45, 7) is 0. The number of nitrogens with zero attached hydrogens (tertiary/aromatic N) is 1. The second-order valence-corrected chi connectivity index (χ2v) is 5.15. The van der Waals surface area contributed by atoms with Crippen molar-refractivity contribution >= 4 is 28.8 Å². The van der Waals surface area contributed by atoms with Crippen LogP contribution in [0.1, 0.15) is 21.5 Å². The van der Waals surface area contributed by atoms with E-state index in [0.29, 0.717) is 28.9 Å². The summed E-state index contributed by atoms with van der Waals surface area (Å²) in [4.78, 5) is 25.8. The number of fused-ring (bicyclic) bond motifs is 1. The average molecular weight is 281 g/mol. The molecule has 106 valence electrons.